The first kappa shape index (κ1) is 13.0. The summed E-state index contributed by atoms with van der Waals surface area (Å²) in [4.78, 5) is 16.8. The standard InChI is InChI=1S/C10H13ClN2O2S/c1-7-6-16-8(3-4-12-15-2)10(7)13-9(14)5-11/h4,6H,3,5H2,1-2H3,(H,13,14). The Morgan fingerprint density at radius 2 is 2.50 bits per heavy atom. The van der Waals surface area contributed by atoms with E-state index in [1.54, 1.807) is 17.6 Å². The zero-order valence-electron chi connectivity index (χ0n) is 9.12. The minimum absolute atomic E-state index is 0.0408. The number of amides is 1. The summed E-state index contributed by atoms with van der Waals surface area (Å²) in [7, 11) is 1.49. The van der Waals surface area contributed by atoms with Gasteiger partial charge in [0, 0.05) is 17.5 Å². The van der Waals surface area contributed by atoms with Gasteiger partial charge in [-0.2, -0.15) is 0 Å². The number of carbonyl (C=O) groups is 1. The molecule has 0 fully saturated rings. The van der Waals surface area contributed by atoms with Crippen LogP contribution in [0.1, 0.15) is 10.4 Å². The Kier molecular flexibility index (Phi) is 5.28. The maximum Gasteiger partial charge on any atom is 0.239 e. The topological polar surface area (TPSA) is 50.7 Å². The minimum atomic E-state index is -0.201. The number of oxime groups is 1. The average Bonchev–Trinajstić information content (AvgIpc) is 2.61. The third kappa shape index (κ3) is 3.50. The van der Waals surface area contributed by atoms with Crippen LogP contribution in [-0.2, 0) is 16.1 Å². The average molecular weight is 261 g/mol. The second-order valence-electron chi connectivity index (χ2n) is 3.07. The molecule has 0 spiro atoms. The molecule has 0 saturated carbocycles. The zero-order valence-corrected chi connectivity index (χ0v) is 10.7. The summed E-state index contributed by atoms with van der Waals surface area (Å²) >= 11 is 7.02. The lowest BCUT2D eigenvalue weighted by molar-refractivity contribution is -0.113. The lowest BCUT2D eigenvalue weighted by Gasteiger charge is -2.04. The van der Waals surface area contributed by atoms with Gasteiger partial charge >= 0.3 is 0 Å². The summed E-state index contributed by atoms with van der Waals surface area (Å²) in [5.74, 6) is -0.242. The highest BCUT2D eigenvalue weighted by atomic mass is 35.5. The summed E-state index contributed by atoms with van der Waals surface area (Å²) in [5, 5.41) is 8.42. The smallest absolute Gasteiger partial charge is 0.239 e. The Morgan fingerprint density at radius 1 is 1.75 bits per heavy atom. The highest BCUT2D eigenvalue weighted by molar-refractivity contribution is 7.10. The molecule has 0 bridgehead atoms. The van der Waals surface area contributed by atoms with Crippen molar-refractivity contribution in [1.82, 2.24) is 0 Å². The number of hydrogen-bond acceptors (Lipinski definition) is 4. The number of carbonyl (C=O) groups excluding carboxylic acids is 1. The monoisotopic (exact) mass is 260 g/mol. The molecule has 1 rings (SSSR count). The first-order valence-electron chi connectivity index (χ1n) is 4.66. The fourth-order valence-corrected chi connectivity index (χ4v) is 2.19. The molecule has 6 heteroatoms. The van der Waals surface area contributed by atoms with Crippen LogP contribution < -0.4 is 5.32 Å². The highest BCUT2D eigenvalue weighted by Crippen LogP contribution is 2.27. The van der Waals surface area contributed by atoms with Gasteiger partial charge in [0.25, 0.3) is 0 Å². The molecule has 1 aromatic heterocycles. The van der Waals surface area contributed by atoms with Crippen molar-refractivity contribution < 1.29 is 9.63 Å². The molecule has 0 aliphatic heterocycles. The number of rotatable bonds is 5. The number of aryl methyl sites for hydroxylation is 1. The molecule has 0 aliphatic rings. The zero-order chi connectivity index (χ0) is 12.0. The van der Waals surface area contributed by atoms with Crippen LogP contribution in [0, 0.1) is 6.92 Å². The minimum Gasteiger partial charge on any atom is -0.399 e. The van der Waals surface area contributed by atoms with Crippen molar-refractivity contribution in [2.75, 3.05) is 18.3 Å². The van der Waals surface area contributed by atoms with Crippen LogP contribution in [0.2, 0.25) is 0 Å². The van der Waals surface area contributed by atoms with Gasteiger partial charge in [-0.3, -0.25) is 4.79 Å². The molecule has 1 heterocycles. The van der Waals surface area contributed by atoms with E-state index >= 15 is 0 Å². The number of anilines is 1. The molecule has 0 aliphatic carbocycles. The fraction of sp³-hybridized carbons (Fsp3) is 0.400. The van der Waals surface area contributed by atoms with E-state index in [2.05, 4.69) is 15.3 Å². The molecule has 0 saturated heterocycles. The number of hydrogen-bond donors (Lipinski definition) is 1. The number of thiophene rings is 1. The molecule has 1 N–H and O–H groups in total. The third-order valence-corrected chi connectivity index (χ3v) is 3.26. The van der Waals surface area contributed by atoms with Gasteiger partial charge in [0.2, 0.25) is 5.91 Å². The van der Waals surface area contributed by atoms with Crippen LogP contribution >= 0.6 is 22.9 Å². The van der Waals surface area contributed by atoms with Crippen molar-refractivity contribution in [3.8, 4) is 0 Å². The lowest BCUT2D eigenvalue weighted by Crippen LogP contribution is -2.13. The fourth-order valence-electron chi connectivity index (χ4n) is 1.18. The maximum absolute atomic E-state index is 11.2. The van der Waals surface area contributed by atoms with Crippen LogP contribution in [0.3, 0.4) is 0 Å². The van der Waals surface area contributed by atoms with Gasteiger partial charge in [0.1, 0.15) is 13.0 Å². The summed E-state index contributed by atoms with van der Waals surface area (Å²) in [6.45, 7) is 1.94. The van der Waals surface area contributed by atoms with Crippen LogP contribution in [0.4, 0.5) is 5.69 Å². The van der Waals surface area contributed by atoms with Crippen LogP contribution in [0.15, 0.2) is 10.5 Å². The molecule has 88 valence electrons. The molecule has 0 unspecified atom stereocenters. The second kappa shape index (κ2) is 6.50. The molecular formula is C10H13ClN2O2S. The Balaban J connectivity index is 2.77. The second-order valence-corrected chi connectivity index (χ2v) is 4.30. The van der Waals surface area contributed by atoms with Gasteiger partial charge in [-0.25, -0.2) is 0 Å². The maximum atomic E-state index is 11.2. The predicted molar refractivity (Wildman–Crippen MR) is 67.6 cm³/mol. The van der Waals surface area contributed by atoms with Gasteiger partial charge in [-0.05, 0) is 17.9 Å². The molecule has 1 amide bonds. The Morgan fingerprint density at radius 3 is 3.12 bits per heavy atom. The van der Waals surface area contributed by atoms with Crippen molar-refractivity contribution in [2.24, 2.45) is 5.16 Å². The van der Waals surface area contributed by atoms with E-state index in [4.69, 9.17) is 11.6 Å². The molecule has 0 atom stereocenters. The van der Waals surface area contributed by atoms with E-state index in [1.165, 1.54) is 7.11 Å². The lowest BCUT2D eigenvalue weighted by atomic mass is 10.2. The number of nitrogens with one attached hydrogen (secondary N) is 1. The van der Waals surface area contributed by atoms with Crippen LogP contribution in [0.5, 0.6) is 0 Å². The van der Waals surface area contributed by atoms with Gasteiger partial charge in [0.05, 0.1) is 5.69 Å². The van der Waals surface area contributed by atoms with E-state index in [-0.39, 0.29) is 11.8 Å². The van der Waals surface area contributed by atoms with Gasteiger partial charge in [-0.15, -0.1) is 22.9 Å². The number of nitrogens with zero attached hydrogens (tertiary/aromatic N) is 1. The van der Waals surface area contributed by atoms with Crippen molar-refractivity contribution in [3.05, 3.63) is 15.8 Å². The van der Waals surface area contributed by atoms with Crippen molar-refractivity contribution in [2.45, 2.75) is 13.3 Å². The number of alkyl halides is 1. The normalized spacial score (nSPS) is 10.7. The SMILES string of the molecule is CON=CCc1scc(C)c1NC(=O)CCl. The predicted octanol–water partition coefficient (Wildman–Crippen LogP) is 2.41. The molecule has 4 nitrogen and oxygen atoms in total. The summed E-state index contributed by atoms with van der Waals surface area (Å²) < 4.78 is 0. The number of halogens is 1. The summed E-state index contributed by atoms with van der Waals surface area (Å²) in [6.07, 6.45) is 2.28. The molecule has 16 heavy (non-hydrogen) atoms. The van der Waals surface area contributed by atoms with Crippen molar-refractivity contribution >= 4 is 40.7 Å². The Labute approximate surface area is 103 Å². The van der Waals surface area contributed by atoms with E-state index in [9.17, 15) is 4.79 Å². The van der Waals surface area contributed by atoms with Gasteiger partial charge < -0.3 is 10.2 Å². The first-order chi connectivity index (χ1) is 7.69. The van der Waals surface area contributed by atoms with Crippen LogP contribution in [0.25, 0.3) is 0 Å². The van der Waals surface area contributed by atoms with Crippen molar-refractivity contribution in [1.29, 1.82) is 0 Å². The third-order valence-electron chi connectivity index (χ3n) is 1.89. The van der Waals surface area contributed by atoms with E-state index in [0.29, 0.717) is 6.42 Å². The van der Waals surface area contributed by atoms with Crippen LogP contribution in [-0.4, -0.2) is 25.1 Å². The Hall–Kier alpha value is -1.07. The van der Waals surface area contributed by atoms with Gasteiger partial charge in [0.15, 0.2) is 0 Å². The molecule has 0 aromatic carbocycles. The molecular weight excluding hydrogens is 248 g/mol. The van der Waals surface area contributed by atoms with E-state index in [0.717, 1.165) is 16.1 Å². The van der Waals surface area contributed by atoms with E-state index in [1.807, 2.05) is 12.3 Å². The molecule has 1 aromatic rings. The quantitative estimate of drug-likeness (QED) is 0.502. The summed E-state index contributed by atoms with van der Waals surface area (Å²) in [5.41, 5.74) is 1.86. The summed E-state index contributed by atoms with van der Waals surface area (Å²) in [6, 6.07) is 0. The largest absolute Gasteiger partial charge is 0.399 e. The Bertz CT molecular complexity index is 390. The highest BCUT2D eigenvalue weighted by Gasteiger charge is 2.10. The van der Waals surface area contributed by atoms with Crippen molar-refractivity contribution in [3.63, 3.8) is 0 Å². The first-order valence-corrected chi connectivity index (χ1v) is 6.08. The van der Waals surface area contributed by atoms with Gasteiger partial charge in [-0.1, -0.05) is 5.16 Å². The molecule has 0 radical (unpaired) electrons. The van der Waals surface area contributed by atoms with E-state index < -0.39 is 0 Å².